The molecule has 0 heterocycles. The number of rotatable bonds is 11. The number of aliphatic carboxylic acids is 1. The van der Waals surface area contributed by atoms with Gasteiger partial charge in [0.1, 0.15) is 24.7 Å². The van der Waals surface area contributed by atoms with Crippen LogP contribution in [0.4, 0.5) is 0 Å². The molecule has 29 heavy (non-hydrogen) atoms. The second kappa shape index (κ2) is 11.2. The first-order valence-corrected chi connectivity index (χ1v) is 9.77. The second-order valence-corrected chi connectivity index (χ2v) is 6.67. The zero-order valence-electron chi connectivity index (χ0n) is 17.5. The van der Waals surface area contributed by atoms with Crippen LogP contribution >= 0.6 is 0 Å². The first-order chi connectivity index (χ1) is 13.9. The summed E-state index contributed by atoms with van der Waals surface area (Å²) in [4.78, 5) is 16.5. The summed E-state index contributed by atoms with van der Waals surface area (Å²) < 4.78 is 11.1. The minimum atomic E-state index is -0.961. The first-order valence-electron chi connectivity index (χ1n) is 9.77. The number of carboxylic acids is 1. The molecule has 0 aliphatic heterocycles. The highest BCUT2D eigenvalue weighted by atomic mass is 16.6. The van der Waals surface area contributed by atoms with Gasteiger partial charge in [0.2, 0.25) is 0 Å². The molecule has 0 aliphatic carbocycles. The minimum Gasteiger partial charge on any atom is -0.487 e. The molecule has 0 fully saturated rings. The van der Waals surface area contributed by atoms with Gasteiger partial charge in [0, 0.05) is 18.6 Å². The average molecular weight is 399 g/mol. The van der Waals surface area contributed by atoms with Gasteiger partial charge in [0.25, 0.3) is 0 Å². The largest absolute Gasteiger partial charge is 0.487 e. The summed E-state index contributed by atoms with van der Waals surface area (Å²) in [6.07, 6.45) is -0.537. The Bertz CT molecular complexity index is 830. The van der Waals surface area contributed by atoms with Crippen LogP contribution in [0, 0.1) is 13.8 Å². The minimum absolute atomic E-state index is 0.262. The molecule has 156 valence electrons. The molecular formula is C23H29NO5. The van der Waals surface area contributed by atoms with Crippen LogP contribution in [0.15, 0.2) is 47.6 Å². The van der Waals surface area contributed by atoms with E-state index in [2.05, 4.69) is 31.1 Å². The standard InChI is InChI=1S/C23H29NO5/c1-5-27-22(23(25)26)14-18-8-11-20(12-9-18)28-15-21(24-29-6-2)19-10-7-16(3)17(4)13-19/h7-13,22H,5-6,14-15H2,1-4H3,(H,25,26)/b24-21+. The van der Waals surface area contributed by atoms with Crippen LogP contribution in [0.3, 0.4) is 0 Å². The Morgan fingerprint density at radius 1 is 1.03 bits per heavy atom. The zero-order chi connectivity index (χ0) is 21.2. The van der Waals surface area contributed by atoms with E-state index in [1.165, 1.54) is 11.1 Å². The average Bonchev–Trinajstić information content (AvgIpc) is 2.71. The third-order valence-corrected chi connectivity index (χ3v) is 4.51. The lowest BCUT2D eigenvalue weighted by molar-refractivity contribution is -0.149. The Balaban J connectivity index is 2.05. The van der Waals surface area contributed by atoms with Crippen LogP contribution in [-0.2, 0) is 20.8 Å². The van der Waals surface area contributed by atoms with Gasteiger partial charge < -0.3 is 19.4 Å². The van der Waals surface area contributed by atoms with Crippen molar-refractivity contribution in [2.45, 2.75) is 40.2 Å². The molecule has 1 unspecified atom stereocenters. The summed E-state index contributed by atoms with van der Waals surface area (Å²) in [6.45, 7) is 8.89. The van der Waals surface area contributed by atoms with E-state index in [1.54, 1.807) is 6.92 Å². The predicted octanol–water partition coefficient (Wildman–Crippen LogP) is 4.16. The Labute approximate surface area is 172 Å². The van der Waals surface area contributed by atoms with Crippen molar-refractivity contribution in [1.29, 1.82) is 0 Å². The Morgan fingerprint density at radius 3 is 2.34 bits per heavy atom. The van der Waals surface area contributed by atoms with E-state index in [9.17, 15) is 9.90 Å². The third-order valence-electron chi connectivity index (χ3n) is 4.51. The fourth-order valence-corrected chi connectivity index (χ4v) is 2.73. The molecule has 0 saturated carbocycles. The van der Waals surface area contributed by atoms with E-state index in [0.29, 0.717) is 31.1 Å². The van der Waals surface area contributed by atoms with Crippen molar-refractivity contribution in [2.24, 2.45) is 5.16 Å². The Hall–Kier alpha value is -2.86. The summed E-state index contributed by atoms with van der Waals surface area (Å²) in [6, 6.07) is 13.5. The van der Waals surface area contributed by atoms with Crippen LogP contribution in [0.5, 0.6) is 5.75 Å². The van der Waals surface area contributed by atoms with Crippen molar-refractivity contribution in [1.82, 2.24) is 0 Å². The molecule has 0 bridgehead atoms. The molecule has 1 N–H and O–H groups in total. The van der Waals surface area contributed by atoms with E-state index >= 15 is 0 Å². The lowest BCUT2D eigenvalue weighted by Crippen LogP contribution is -2.26. The zero-order valence-corrected chi connectivity index (χ0v) is 17.5. The van der Waals surface area contributed by atoms with Crippen molar-refractivity contribution in [3.8, 4) is 5.75 Å². The van der Waals surface area contributed by atoms with Gasteiger partial charge in [-0.05, 0) is 62.6 Å². The number of carbonyl (C=O) groups is 1. The molecule has 0 aromatic heterocycles. The number of nitrogens with zero attached hydrogens (tertiary/aromatic N) is 1. The maximum absolute atomic E-state index is 11.2. The van der Waals surface area contributed by atoms with Gasteiger partial charge in [0.15, 0.2) is 6.10 Å². The monoisotopic (exact) mass is 399 g/mol. The molecule has 2 rings (SSSR count). The summed E-state index contributed by atoms with van der Waals surface area (Å²) in [7, 11) is 0. The molecule has 0 aliphatic rings. The molecule has 2 aromatic rings. The van der Waals surface area contributed by atoms with Gasteiger partial charge in [-0.15, -0.1) is 0 Å². The molecule has 0 saturated heterocycles. The summed E-state index contributed by atoms with van der Waals surface area (Å²) in [5.41, 5.74) is 4.93. The van der Waals surface area contributed by atoms with Crippen molar-refractivity contribution in [2.75, 3.05) is 19.8 Å². The number of carboxylic acid groups (broad SMARTS) is 1. The SMILES string of the molecule is CCO/N=C(\COc1ccc(CC(OCC)C(=O)O)cc1)c1ccc(C)c(C)c1. The number of aryl methyl sites for hydroxylation is 2. The Morgan fingerprint density at radius 2 is 1.76 bits per heavy atom. The molecule has 6 nitrogen and oxygen atoms in total. The van der Waals surface area contributed by atoms with Gasteiger partial charge in [-0.25, -0.2) is 4.79 Å². The van der Waals surface area contributed by atoms with Crippen LogP contribution in [0.25, 0.3) is 0 Å². The lowest BCUT2D eigenvalue weighted by atomic mass is 10.0. The van der Waals surface area contributed by atoms with Gasteiger partial charge >= 0.3 is 5.97 Å². The van der Waals surface area contributed by atoms with E-state index < -0.39 is 12.1 Å². The van der Waals surface area contributed by atoms with Crippen LogP contribution in [-0.4, -0.2) is 42.7 Å². The predicted molar refractivity (Wildman–Crippen MR) is 113 cm³/mol. The van der Waals surface area contributed by atoms with Crippen molar-refractivity contribution in [3.63, 3.8) is 0 Å². The normalized spacial score (nSPS) is 12.5. The van der Waals surface area contributed by atoms with Crippen molar-refractivity contribution in [3.05, 3.63) is 64.7 Å². The molecule has 0 amide bonds. The van der Waals surface area contributed by atoms with Gasteiger partial charge in [-0.3, -0.25) is 0 Å². The second-order valence-electron chi connectivity index (χ2n) is 6.67. The van der Waals surface area contributed by atoms with Crippen molar-refractivity contribution >= 4 is 11.7 Å². The van der Waals surface area contributed by atoms with Crippen LogP contribution < -0.4 is 4.74 Å². The highest BCUT2D eigenvalue weighted by Gasteiger charge is 2.18. The van der Waals surface area contributed by atoms with Crippen LogP contribution in [0.2, 0.25) is 0 Å². The Kier molecular flexibility index (Phi) is 8.68. The summed E-state index contributed by atoms with van der Waals surface area (Å²) >= 11 is 0. The number of hydrogen-bond acceptors (Lipinski definition) is 5. The number of hydrogen-bond donors (Lipinski definition) is 1. The molecule has 0 radical (unpaired) electrons. The van der Waals surface area contributed by atoms with Gasteiger partial charge in [-0.1, -0.05) is 29.4 Å². The molecular weight excluding hydrogens is 370 g/mol. The number of ether oxygens (including phenoxy) is 2. The van der Waals surface area contributed by atoms with E-state index in [0.717, 1.165) is 11.1 Å². The van der Waals surface area contributed by atoms with Crippen LogP contribution in [0.1, 0.15) is 36.1 Å². The smallest absolute Gasteiger partial charge is 0.333 e. The fourth-order valence-electron chi connectivity index (χ4n) is 2.73. The molecule has 1 atom stereocenters. The van der Waals surface area contributed by atoms with Gasteiger partial charge in [-0.2, -0.15) is 0 Å². The highest BCUT2D eigenvalue weighted by molar-refractivity contribution is 6.01. The molecule has 0 spiro atoms. The maximum atomic E-state index is 11.2. The summed E-state index contributed by atoms with van der Waals surface area (Å²) in [5.74, 6) is -0.289. The number of oxime groups is 1. The summed E-state index contributed by atoms with van der Waals surface area (Å²) in [5, 5.41) is 13.4. The molecule has 6 heteroatoms. The maximum Gasteiger partial charge on any atom is 0.333 e. The van der Waals surface area contributed by atoms with E-state index in [1.807, 2.05) is 37.3 Å². The third kappa shape index (κ3) is 6.91. The lowest BCUT2D eigenvalue weighted by Gasteiger charge is -2.13. The molecule has 2 aromatic carbocycles. The first kappa shape index (κ1) is 22.4. The van der Waals surface area contributed by atoms with E-state index in [-0.39, 0.29) is 6.61 Å². The van der Waals surface area contributed by atoms with Crippen molar-refractivity contribution < 1.29 is 24.2 Å². The topological polar surface area (TPSA) is 77.3 Å². The fraction of sp³-hybridized carbons (Fsp3) is 0.391. The van der Waals surface area contributed by atoms with E-state index in [4.69, 9.17) is 14.3 Å². The highest BCUT2D eigenvalue weighted by Crippen LogP contribution is 2.16. The number of benzene rings is 2. The quantitative estimate of drug-likeness (QED) is 0.454. The van der Waals surface area contributed by atoms with Gasteiger partial charge in [0.05, 0.1) is 0 Å².